The average molecular weight is 439 g/mol. The molecule has 0 N–H and O–H groups in total. The highest BCUT2D eigenvalue weighted by molar-refractivity contribution is 6.10. The van der Waals surface area contributed by atoms with Crippen molar-refractivity contribution in [2.45, 2.75) is 33.4 Å². The molecule has 166 valence electrons. The lowest BCUT2D eigenvalue weighted by Gasteiger charge is -2.12. The number of hydrogen-bond donors (Lipinski definition) is 0. The number of carbonyl (C=O) groups is 1. The molecule has 0 saturated heterocycles. The fourth-order valence-corrected chi connectivity index (χ4v) is 3.09. The second-order valence-corrected chi connectivity index (χ2v) is 7.11. The van der Waals surface area contributed by atoms with Crippen LogP contribution in [0.25, 0.3) is 0 Å². The van der Waals surface area contributed by atoms with Gasteiger partial charge in [0.15, 0.2) is 12.4 Å². The van der Waals surface area contributed by atoms with Crippen LogP contribution in [0.2, 0.25) is 0 Å². The second kappa shape index (κ2) is 10.0. The number of ether oxygens (including phenoxy) is 2. The highest BCUT2D eigenvalue weighted by Gasteiger charge is 2.20. The molecule has 1 aromatic carbocycles. The SMILES string of the molecule is COCCCn1cc(C(=O)c2cc(F)ccc2OCc2nc(C)c(C)o2)cc(C#N)c1=O. The first kappa shape index (κ1) is 22.9. The van der Waals surface area contributed by atoms with E-state index in [1.54, 1.807) is 13.8 Å². The number of carbonyl (C=O) groups excluding carboxylic acids is 1. The van der Waals surface area contributed by atoms with Gasteiger partial charge in [0, 0.05) is 32.0 Å². The maximum absolute atomic E-state index is 14.0. The lowest BCUT2D eigenvalue weighted by Crippen LogP contribution is -2.24. The van der Waals surface area contributed by atoms with Gasteiger partial charge in [0.1, 0.15) is 29.0 Å². The van der Waals surface area contributed by atoms with E-state index in [2.05, 4.69) is 4.98 Å². The molecule has 0 aliphatic heterocycles. The number of methoxy groups -OCH3 is 1. The lowest BCUT2D eigenvalue weighted by molar-refractivity contribution is 0.103. The van der Waals surface area contributed by atoms with E-state index in [0.717, 1.165) is 11.8 Å². The molecule has 3 rings (SSSR count). The monoisotopic (exact) mass is 439 g/mol. The summed E-state index contributed by atoms with van der Waals surface area (Å²) in [4.78, 5) is 29.8. The minimum Gasteiger partial charge on any atom is -0.483 e. The van der Waals surface area contributed by atoms with Crippen molar-refractivity contribution in [3.63, 3.8) is 0 Å². The summed E-state index contributed by atoms with van der Waals surface area (Å²) in [6, 6.07) is 6.57. The third-order valence-electron chi connectivity index (χ3n) is 4.83. The first-order valence-electron chi connectivity index (χ1n) is 9.87. The Balaban J connectivity index is 1.94. The topological polar surface area (TPSA) is 107 Å². The van der Waals surface area contributed by atoms with Gasteiger partial charge in [-0.3, -0.25) is 9.59 Å². The molecule has 0 fully saturated rings. The van der Waals surface area contributed by atoms with Gasteiger partial charge in [-0.15, -0.1) is 0 Å². The van der Waals surface area contributed by atoms with E-state index in [0.29, 0.717) is 24.7 Å². The third-order valence-corrected chi connectivity index (χ3v) is 4.83. The quantitative estimate of drug-likeness (QED) is 0.372. The molecule has 0 aliphatic carbocycles. The van der Waals surface area contributed by atoms with Gasteiger partial charge in [0.2, 0.25) is 5.89 Å². The fourth-order valence-electron chi connectivity index (χ4n) is 3.09. The number of aromatic nitrogens is 2. The summed E-state index contributed by atoms with van der Waals surface area (Å²) >= 11 is 0. The molecular formula is C23H22FN3O5. The number of pyridine rings is 1. The van der Waals surface area contributed by atoms with E-state index >= 15 is 0 Å². The number of nitriles is 1. The van der Waals surface area contributed by atoms with Crippen LogP contribution in [0.1, 0.15) is 45.3 Å². The third kappa shape index (κ3) is 5.10. The molecule has 8 nitrogen and oxygen atoms in total. The number of aryl methyl sites for hydroxylation is 3. The van der Waals surface area contributed by atoms with Crippen molar-refractivity contribution in [2.75, 3.05) is 13.7 Å². The second-order valence-electron chi connectivity index (χ2n) is 7.11. The fraction of sp³-hybridized carbons (Fsp3) is 0.304. The van der Waals surface area contributed by atoms with Crippen molar-refractivity contribution in [3.05, 3.63) is 80.7 Å². The Morgan fingerprint density at radius 1 is 1.31 bits per heavy atom. The van der Waals surface area contributed by atoms with E-state index in [9.17, 15) is 19.2 Å². The largest absolute Gasteiger partial charge is 0.483 e. The van der Waals surface area contributed by atoms with Gasteiger partial charge in [-0.1, -0.05) is 0 Å². The predicted octanol–water partition coefficient (Wildman–Crippen LogP) is 3.31. The van der Waals surface area contributed by atoms with Gasteiger partial charge in [-0.2, -0.15) is 5.26 Å². The summed E-state index contributed by atoms with van der Waals surface area (Å²) in [6.45, 7) is 4.18. The van der Waals surface area contributed by atoms with Gasteiger partial charge >= 0.3 is 0 Å². The van der Waals surface area contributed by atoms with Gasteiger partial charge in [0.05, 0.1) is 11.3 Å². The Morgan fingerprint density at radius 3 is 2.75 bits per heavy atom. The summed E-state index contributed by atoms with van der Waals surface area (Å²) in [6.07, 6.45) is 1.87. The Labute approximate surface area is 183 Å². The maximum atomic E-state index is 14.0. The molecule has 0 spiro atoms. The first-order chi connectivity index (χ1) is 15.3. The zero-order valence-electron chi connectivity index (χ0n) is 18.0. The number of benzene rings is 1. The van der Waals surface area contributed by atoms with Crippen LogP contribution in [0.5, 0.6) is 5.75 Å². The minimum atomic E-state index is -0.627. The van der Waals surface area contributed by atoms with Crippen molar-refractivity contribution in [1.82, 2.24) is 9.55 Å². The Morgan fingerprint density at radius 2 is 2.09 bits per heavy atom. The molecule has 0 aliphatic rings. The van der Waals surface area contributed by atoms with Gasteiger partial charge in [-0.05, 0) is 44.5 Å². The number of rotatable bonds is 9. The van der Waals surface area contributed by atoms with Crippen LogP contribution >= 0.6 is 0 Å². The molecule has 2 aromatic heterocycles. The van der Waals surface area contributed by atoms with Crippen molar-refractivity contribution < 1.29 is 23.1 Å². The molecule has 2 heterocycles. The molecule has 0 radical (unpaired) electrons. The Bertz CT molecular complexity index is 1220. The van der Waals surface area contributed by atoms with Crippen LogP contribution < -0.4 is 10.3 Å². The van der Waals surface area contributed by atoms with Crippen molar-refractivity contribution in [1.29, 1.82) is 5.26 Å². The van der Waals surface area contributed by atoms with E-state index in [-0.39, 0.29) is 35.6 Å². The Hall–Kier alpha value is -3.77. The predicted molar refractivity (Wildman–Crippen MR) is 112 cm³/mol. The highest BCUT2D eigenvalue weighted by Crippen LogP contribution is 2.24. The Kier molecular flexibility index (Phi) is 7.18. The van der Waals surface area contributed by atoms with Crippen molar-refractivity contribution >= 4 is 5.78 Å². The van der Waals surface area contributed by atoms with Crippen LogP contribution in [0.15, 0.2) is 39.7 Å². The summed E-state index contributed by atoms with van der Waals surface area (Å²) in [5.74, 6) is -0.116. The molecule has 0 unspecified atom stereocenters. The average Bonchev–Trinajstić information content (AvgIpc) is 3.10. The van der Waals surface area contributed by atoms with Gasteiger partial charge in [0.25, 0.3) is 5.56 Å². The standard InChI is InChI=1S/C23H22FN3O5/c1-14-15(2)32-21(26-14)13-31-20-6-5-18(24)10-19(20)22(28)17-9-16(11-25)23(29)27(12-17)7-4-8-30-3/h5-6,9-10,12H,4,7-8,13H2,1-3H3. The van der Waals surface area contributed by atoms with Gasteiger partial charge < -0.3 is 18.5 Å². The number of halogens is 1. The van der Waals surface area contributed by atoms with Crippen LogP contribution in [-0.4, -0.2) is 29.1 Å². The summed E-state index contributed by atoms with van der Waals surface area (Å²) in [7, 11) is 1.54. The number of ketones is 1. The molecule has 0 saturated carbocycles. The van der Waals surface area contributed by atoms with E-state index < -0.39 is 17.2 Å². The van der Waals surface area contributed by atoms with Crippen LogP contribution in [0, 0.1) is 31.0 Å². The number of nitrogens with zero attached hydrogens (tertiary/aromatic N) is 3. The van der Waals surface area contributed by atoms with Crippen LogP contribution in [0.3, 0.4) is 0 Å². The lowest BCUT2D eigenvalue weighted by atomic mass is 10.0. The summed E-state index contributed by atoms with van der Waals surface area (Å²) in [5.41, 5.74) is 0.0509. The molecule has 9 heteroatoms. The van der Waals surface area contributed by atoms with Gasteiger partial charge in [-0.25, -0.2) is 9.37 Å². The zero-order valence-corrected chi connectivity index (χ0v) is 18.0. The summed E-state index contributed by atoms with van der Waals surface area (Å²) in [5, 5.41) is 9.32. The minimum absolute atomic E-state index is 0.0454. The molecule has 32 heavy (non-hydrogen) atoms. The smallest absolute Gasteiger partial charge is 0.268 e. The van der Waals surface area contributed by atoms with E-state index in [1.165, 1.54) is 36.1 Å². The summed E-state index contributed by atoms with van der Waals surface area (Å²) < 4.78 is 31.4. The number of oxazole rings is 1. The van der Waals surface area contributed by atoms with E-state index in [1.807, 2.05) is 6.07 Å². The maximum Gasteiger partial charge on any atom is 0.268 e. The van der Waals surface area contributed by atoms with Crippen molar-refractivity contribution in [2.24, 2.45) is 0 Å². The first-order valence-corrected chi connectivity index (χ1v) is 9.87. The van der Waals surface area contributed by atoms with E-state index in [4.69, 9.17) is 13.9 Å². The molecule has 0 bridgehead atoms. The molecule has 0 atom stereocenters. The molecule has 0 amide bonds. The molecular weight excluding hydrogens is 417 g/mol. The van der Waals surface area contributed by atoms with Crippen molar-refractivity contribution in [3.8, 4) is 11.8 Å². The number of hydrogen-bond acceptors (Lipinski definition) is 7. The van der Waals surface area contributed by atoms with Crippen LogP contribution in [0.4, 0.5) is 4.39 Å². The van der Waals surface area contributed by atoms with Crippen LogP contribution in [-0.2, 0) is 17.9 Å². The highest BCUT2D eigenvalue weighted by atomic mass is 19.1. The normalized spacial score (nSPS) is 10.7. The molecule has 3 aromatic rings. The zero-order chi connectivity index (χ0) is 23.3.